The predicted molar refractivity (Wildman–Crippen MR) is 529 cm³/mol. The number of para-hydroxylation sites is 1. The minimum atomic E-state index is -1.93. The number of phenolic OH excluding ortho intramolecular Hbond substituents is 2. The molecule has 4 heterocycles. The Morgan fingerprint density at radius 3 is 1.38 bits per heavy atom. The van der Waals surface area contributed by atoms with Crippen molar-refractivity contribution in [2.75, 3.05) is 41.0 Å². The van der Waals surface area contributed by atoms with Crippen molar-refractivity contribution in [2.24, 2.45) is 41.4 Å². The van der Waals surface area contributed by atoms with Crippen molar-refractivity contribution < 1.29 is 69.9 Å². The van der Waals surface area contributed by atoms with Crippen LogP contribution in [0.4, 0.5) is 34.6 Å². The summed E-state index contributed by atoms with van der Waals surface area (Å²) in [6.07, 6.45) is 20.2. The molecule has 132 heavy (non-hydrogen) atoms. The van der Waals surface area contributed by atoms with Crippen LogP contribution in [0.3, 0.4) is 0 Å². The number of thioether (sulfide) groups is 2. The number of esters is 2. The maximum Gasteiger partial charge on any atom is 0.0267 e. The van der Waals surface area contributed by atoms with Crippen molar-refractivity contribution in [3.8, 4) is 11.5 Å². The molecule has 4 fully saturated rings. The van der Waals surface area contributed by atoms with Gasteiger partial charge >= 0.3 is 85.3 Å². The number of benzene rings is 8. The van der Waals surface area contributed by atoms with Gasteiger partial charge in [-0.1, -0.05) is 199 Å². The number of aryl methyl sites for hydroxylation is 6. The molecule has 2 aromatic heterocycles. The van der Waals surface area contributed by atoms with E-state index in [4.69, 9.17) is 66.4 Å². The van der Waals surface area contributed by atoms with Crippen LogP contribution in [0.1, 0.15) is 150 Å². The largest absolute Gasteiger partial charge is 0.265 e. The summed E-state index contributed by atoms with van der Waals surface area (Å²) in [7, 11) is 11.3. The third kappa shape index (κ3) is 28.1. The van der Waals surface area contributed by atoms with Gasteiger partial charge in [0, 0.05) is 106 Å². The van der Waals surface area contributed by atoms with Crippen LogP contribution in [0, 0.1) is 126 Å². The molecule has 690 valence electrons. The van der Waals surface area contributed by atoms with E-state index in [9.17, 15) is 47.0 Å². The number of pyridine rings is 2. The predicted octanol–water partition coefficient (Wildman–Crippen LogP) is 25.4. The Hall–Kier alpha value is -10.5. The van der Waals surface area contributed by atoms with Gasteiger partial charge in [0.05, 0.1) is 46.1 Å². The smallest absolute Gasteiger partial charge is 0.0267 e. The van der Waals surface area contributed by atoms with Crippen molar-refractivity contribution in [1.29, 1.82) is 0 Å². The fourth-order valence-corrected chi connectivity index (χ4v) is 23.1. The number of allylic oxidation sites excluding steroid dienone is 4. The van der Waals surface area contributed by atoms with Crippen LogP contribution >= 0.6 is 67.3 Å². The van der Waals surface area contributed by atoms with E-state index in [0.29, 0.717) is 63.8 Å². The van der Waals surface area contributed by atoms with Gasteiger partial charge < -0.3 is 39.2 Å². The summed E-state index contributed by atoms with van der Waals surface area (Å²) in [6, 6.07) is 63.8. The van der Waals surface area contributed by atoms with Gasteiger partial charge in [-0.25, -0.2) is 26.8 Å². The van der Waals surface area contributed by atoms with Crippen LogP contribution in [0.15, 0.2) is 255 Å². The molecule has 2 N–H and O–H groups in total. The van der Waals surface area contributed by atoms with Crippen molar-refractivity contribution in [3.63, 3.8) is 0 Å². The molecule has 2 aliphatic heterocycles. The summed E-state index contributed by atoms with van der Waals surface area (Å²) in [5.41, 5.74) is 11.1. The van der Waals surface area contributed by atoms with E-state index in [1.165, 1.54) is 68.3 Å². The molecule has 12 atom stereocenters. The molecule has 8 aromatic carbocycles. The van der Waals surface area contributed by atoms with Gasteiger partial charge in [-0.05, 0) is 190 Å². The monoisotopic (exact) mass is 1980 g/mol. The molecule has 26 heteroatoms. The van der Waals surface area contributed by atoms with E-state index in [2.05, 4.69) is 126 Å². The summed E-state index contributed by atoms with van der Waals surface area (Å²) in [5, 5.41) is 17.4. The molecule has 4 bridgehead atoms. The Morgan fingerprint density at radius 1 is 0.568 bits per heavy atom. The second-order valence-electron chi connectivity index (χ2n) is 34.4. The zero-order valence-electron chi connectivity index (χ0n) is 74.8. The molecule has 4 aliphatic carbocycles. The number of hydrogen-bond donors (Lipinski definition) is 2. The van der Waals surface area contributed by atoms with Gasteiger partial charge in [0.2, 0.25) is 34.5 Å². The van der Waals surface area contributed by atoms with Crippen molar-refractivity contribution in [3.05, 3.63) is 369 Å². The van der Waals surface area contributed by atoms with Crippen molar-refractivity contribution in [1.82, 2.24) is 9.97 Å². The Balaban J connectivity index is 0.000000176. The van der Waals surface area contributed by atoms with Crippen molar-refractivity contribution in [2.45, 2.75) is 147 Å². The Labute approximate surface area is 805 Å². The molecule has 2 amide bonds. The number of halogens is 6. The van der Waals surface area contributed by atoms with E-state index >= 15 is 0 Å². The quantitative estimate of drug-likeness (QED) is 0.00808. The number of aromatic nitrogens is 2. The first-order valence-electron chi connectivity index (χ1n) is 43.7. The fourth-order valence-electron chi connectivity index (χ4n) is 17.9. The molecule has 6 aliphatic rings. The molecule has 2 saturated carbocycles. The number of hydrogen-bond acceptors (Lipinski definition) is 16. The molecule has 12 unspecified atom stereocenters. The van der Waals surface area contributed by atoms with E-state index in [1.807, 2.05) is 108 Å². The average Bonchev–Trinajstić information content (AvgIpc) is 1.58. The van der Waals surface area contributed by atoms with Gasteiger partial charge in [-0.15, -0.1) is 11.8 Å². The minimum Gasteiger partial charge on any atom is -0.265 e. The van der Waals surface area contributed by atoms with Gasteiger partial charge in [0.25, 0.3) is 0 Å². The van der Waals surface area contributed by atoms with E-state index < -0.39 is 87.5 Å². The van der Waals surface area contributed by atoms with Crippen molar-refractivity contribution >= 4 is 121 Å². The Kier molecular flexibility index (Phi) is 37.8. The summed E-state index contributed by atoms with van der Waals surface area (Å²) in [6.45, 7) is 37.6. The standard InChI is InChI=1S/C39H38N2O5S2.C29H27F4NO3S2.C21H27N2.C7H6.2C5H5N.2ClH.Ru/c1-39(40-2,20-19-33(43)46-24-29-22-25-13-14-28(29)21-25)23-32(26-15-17-31(42)18-16-26)34-35(48-38(47)27-9-5-3-6-10-27)37(45)41(36(34)44)30-11-7-4-8-12-30;1-29(34-2,11-10-21(35)37-15-19-13-16-8-9-18(19)12-16)14-20(39-28(38)17-6-4-3-5-7-17)22-23(30)25(32)27(36)26(33)24(22)31;1-14-9-16(3)20(17(4)10-14)22-7-8-23(13-22)21-18(5)11-15(2)12-19(21)6;1-7-5-3-2-4-6-7;2*1-2-4-6-5-3-1;;;/h3-18,25,28-29,32,34-35,42H,19-24H2,1H3;3-9,16,18-20,36H,10-15H2,1H3;9-13H,7-8H2,1-6H3;1-6H;2*1-5H;2*1H;/q;;-1;;;;;;+2/p-2. The van der Waals surface area contributed by atoms with Crippen LogP contribution in [0.25, 0.3) is 9.69 Å². The van der Waals surface area contributed by atoms with Crippen LogP contribution in [-0.4, -0.2) is 99.6 Å². The molecule has 2 saturated heterocycles. The summed E-state index contributed by atoms with van der Waals surface area (Å²) in [5.74, 6) is -9.43. The van der Waals surface area contributed by atoms with E-state index in [-0.39, 0.29) is 72.2 Å². The second-order valence-corrected chi connectivity index (χ2v) is 43.8. The number of fused-ring (bicyclic) bond motifs is 4. The number of anilines is 3. The van der Waals surface area contributed by atoms with E-state index in [0.717, 1.165) is 61.7 Å². The van der Waals surface area contributed by atoms with Crippen LogP contribution in [-0.2, 0) is 42.2 Å². The fraction of sp³-hybridized carbons (Fsp3) is 0.321. The number of phenols is 2. The summed E-state index contributed by atoms with van der Waals surface area (Å²) < 4.78 is 72.3. The number of carbonyl (C=O) groups excluding carboxylic acids is 4. The number of thiocarbonyl (C=S) groups is 2. The number of ether oxygens (including phenoxy) is 2. The van der Waals surface area contributed by atoms with Crippen LogP contribution in [0.2, 0.25) is 0 Å². The SMILES string of the molecule is Cc1cc(C)c(N2[CH-]N(c3c(C)cc(C)cc3C)CC2)c(C)c1.[C-]#[N+]C(C)(CCC(=O)OCC1CC2C=CC1C2)CC(SC(=S)c1ccccc1)c1c(F)c(F)c(O)c(F)c1F.[C-]#[N+]C(C)(CCC(=O)OCC1CC2C=CC1C2)CC(c1ccc(O)cc1)C1C(=O)N(c2ccccc2)C(=O)C1SC(=S)c1ccccc1.[Cl][Ru]([Cl])=[CH]c1ccccc1.c1ccncc1.c1ccncc1. The number of aromatic hydroxyl groups is 2. The zero-order valence-corrected chi connectivity index (χ0v) is 81.3. The molecular formula is C106H108Cl2F4N7O8RuS4-. The molecular weight excluding hydrogens is 1880 g/mol. The number of amides is 2. The number of rotatable bonds is 25. The molecule has 15 nitrogen and oxygen atoms in total. The van der Waals surface area contributed by atoms with Gasteiger partial charge in [0.1, 0.15) is 11.0 Å². The first kappa shape index (κ1) is 102. The number of carbonyl (C=O) groups is 4. The van der Waals surface area contributed by atoms with Crippen LogP contribution in [0.5, 0.6) is 11.5 Å². The van der Waals surface area contributed by atoms with Gasteiger partial charge in [0.15, 0.2) is 17.4 Å². The molecule has 10 aromatic rings. The Morgan fingerprint density at radius 2 is 0.985 bits per heavy atom. The maximum absolute atomic E-state index is 15.0. The first-order chi connectivity index (χ1) is 63.3. The molecule has 16 rings (SSSR count). The van der Waals surface area contributed by atoms with Gasteiger partial charge in [-0.2, -0.15) is 15.4 Å². The third-order valence-electron chi connectivity index (χ3n) is 24.3. The summed E-state index contributed by atoms with van der Waals surface area (Å²) >= 11 is 11.6. The molecule has 0 spiro atoms. The van der Waals surface area contributed by atoms with Gasteiger partial charge in [-0.3, -0.25) is 29.1 Å². The van der Waals surface area contributed by atoms with Crippen LogP contribution < -0.4 is 14.7 Å². The zero-order chi connectivity index (χ0) is 94.8. The molecule has 0 radical (unpaired) electrons. The maximum atomic E-state index is 15.0. The number of imide groups is 1. The summed E-state index contributed by atoms with van der Waals surface area (Å²) in [4.78, 5) is 75.4. The first-order valence-corrected chi connectivity index (χ1v) is 51.8. The average molecular weight is 1980 g/mol. The Bertz CT molecular complexity index is 5590. The third-order valence-corrected chi connectivity index (χ3v) is 29.6. The van der Waals surface area contributed by atoms with E-state index in [1.54, 1.807) is 111 Å². The topological polar surface area (TPSA) is 171 Å². The normalized spacial score (nSPS) is 19.5. The minimum absolute atomic E-state index is 0.00655. The number of nitrogens with zero attached hydrogens (tertiary/aromatic N) is 7. The second kappa shape index (κ2) is 48.9.